The van der Waals surface area contributed by atoms with Crippen molar-refractivity contribution >= 4 is 38.6 Å². The summed E-state index contributed by atoms with van der Waals surface area (Å²) in [6.07, 6.45) is -6.45. The van der Waals surface area contributed by atoms with Crippen LogP contribution in [0.3, 0.4) is 0 Å². The highest BCUT2D eigenvalue weighted by molar-refractivity contribution is 7.92. The number of hydrogen-bond acceptors (Lipinski definition) is 8. The van der Waals surface area contributed by atoms with Crippen molar-refractivity contribution in [1.82, 2.24) is 19.9 Å². The first kappa shape index (κ1) is 29.3. The van der Waals surface area contributed by atoms with Gasteiger partial charge in [0.1, 0.15) is 11.5 Å². The largest absolute Gasteiger partial charge is 0.462 e. The molecule has 2 aromatic heterocycles. The Hall–Kier alpha value is -3.68. The fraction of sp³-hybridized carbons (Fsp3) is 0.462. The maximum absolute atomic E-state index is 14.4. The molecule has 0 saturated carbocycles. The monoisotopic (exact) mass is 580 g/mol. The zero-order chi connectivity index (χ0) is 29.1. The summed E-state index contributed by atoms with van der Waals surface area (Å²) >= 11 is 0. The summed E-state index contributed by atoms with van der Waals surface area (Å²) in [7, 11) is -0.658. The minimum absolute atomic E-state index is 0.121. The highest BCUT2D eigenvalue weighted by Gasteiger charge is 2.48. The number of amides is 1. The fourth-order valence-electron chi connectivity index (χ4n) is 4.53. The number of anilines is 2. The van der Waals surface area contributed by atoms with Gasteiger partial charge in [0.05, 0.1) is 16.8 Å². The number of benzene rings is 1. The van der Waals surface area contributed by atoms with Gasteiger partial charge in [-0.1, -0.05) is 25.1 Å². The molecule has 0 spiro atoms. The molecule has 1 fully saturated rings. The van der Waals surface area contributed by atoms with Crippen LogP contribution in [0.2, 0.25) is 0 Å². The van der Waals surface area contributed by atoms with Crippen LogP contribution in [0.1, 0.15) is 36.7 Å². The molecule has 40 heavy (non-hydrogen) atoms. The van der Waals surface area contributed by atoms with Crippen molar-refractivity contribution < 1.29 is 31.1 Å². The Morgan fingerprint density at radius 1 is 1.07 bits per heavy atom. The summed E-state index contributed by atoms with van der Waals surface area (Å²) in [4.78, 5) is 28.3. The second kappa shape index (κ2) is 11.8. The van der Waals surface area contributed by atoms with Crippen LogP contribution >= 0.6 is 0 Å². The van der Waals surface area contributed by atoms with E-state index >= 15 is 0 Å². The number of ether oxygens (including phenoxy) is 1. The number of carbonyl (C=O) groups is 1. The molecule has 1 amide bonds. The molecule has 1 saturated heterocycles. The number of aromatic nitrogens is 3. The molecule has 1 atom stereocenters. The molecule has 1 aliphatic heterocycles. The first-order valence-electron chi connectivity index (χ1n) is 12.8. The van der Waals surface area contributed by atoms with Crippen molar-refractivity contribution in [3.63, 3.8) is 0 Å². The van der Waals surface area contributed by atoms with Gasteiger partial charge >= 0.3 is 6.18 Å². The molecule has 1 N–H and O–H groups in total. The number of hydrogen-bond donors (Lipinski definition) is 1. The van der Waals surface area contributed by atoms with Crippen LogP contribution in [0.5, 0.6) is 5.88 Å². The summed E-state index contributed by atoms with van der Waals surface area (Å²) in [5, 5.41) is 0. The SMILES string of the molecule is CCCS(=O)(=O)Nc1nc2ccccc2nc1OC(C1CCN(c2cccc(C(=O)N(C)C)n2)CC1)C(F)(F)F. The number of carbonyl (C=O) groups excluding carboxylic acids is 1. The zero-order valence-electron chi connectivity index (χ0n) is 22.3. The van der Waals surface area contributed by atoms with E-state index in [0.29, 0.717) is 17.8 Å². The summed E-state index contributed by atoms with van der Waals surface area (Å²) in [5.41, 5.74) is 0.822. The molecule has 10 nitrogen and oxygen atoms in total. The third-order valence-electron chi connectivity index (χ3n) is 6.48. The van der Waals surface area contributed by atoms with Gasteiger partial charge in [-0.3, -0.25) is 9.52 Å². The Bertz CT molecular complexity index is 1460. The van der Waals surface area contributed by atoms with E-state index < -0.39 is 34.1 Å². The van der Waals surface area contributed by atoms with E-state index in [1.807, 2.05) is 4.90 Å². The minimum Gasteiger partial charge on any atom is -0.462 e. The van der Waals surface area contributed by atoms with Crippen molar-refractivity contribution in [3.05, 3.63) is 48.2 Å². The van der Waals surface area contributed by atoms with Crippen molar-refractivity contribution in [2.75, 3.05) is 42.6 Å². The highest BCUT2D eigenvalue weighted by Crippen LogP contribution is 2.37. The fourth-order valence-corrected chi connectivity index (χ4v) is 5.60. The van der Waals surface area contributed by atoms with Gasteiger partial charge in [-0.2, -0.15) is 13.2 Å². The van der Waals surface area contributed by atoms with Crippen LogP contribution in [0.15, 0.2) is 42.5 Å². The van der Waals surface area contributed by atoms with E-state index in [9.17, 15) is 26.4 Å². The normalized spacial score (nSPS) is 15.6. The van der Waals surface area contributed by atoms with Crippen molar-refractivity contribution in [2.24, 2.45) is 5.92 Å². The van der Waals surface area contributed by atoms with E-state index in [1.165, 1.54) is 4.90 Å². The van der Waals surface area contributed by atoms with Gasteiger partial charge in [-0.25, -0.2) is 23.4 Å². The molecule has 216 valence electrons. The quantitative estimate of drug-likeness (QED) is 0.402. The minimum atomic E-state index is -4.75. The smallest absolute Gasteiger partial charge is 0.425 e. The molecule has 4 rings (SSSR count). The predicted octanol–water partition coefficient (Wildman–Crippen LogP) is 4.10. The Morgan fingerprint density at radius 3 is 2.33 bits per heavy atom. The van der Waals surface area contributed by atoms with E-state index in [2.05, 4.69) is 19.7 Å². The van der Waals surface area contributed by atoms with Gasteiger partial charge in [-0.15, -0.1) is 0 Å². The number of para-hydroxylation sites is 2. The number of rotatable bonds is 9. The van der Waals surface area contributed by atoms with Crippen molar-refractivity contribution in [3.8, 4) is 5.88 Å². The maximum Gasteiger partial charge on any atom is 0.425 e. The van der Waals surface area contributed by atoms with Crippen LogP contribution in [-0.4, -0.2) is 79.4 Å². The summed E-state index contributed by atoms with van der Waals surface area (Å²) < 4.78 is 75.7. The van der Waals surface area contributed by atoms with Crippen LogP contribution in [0.4, 0.5) is 24.8 Å². The van der Waals surface area contributed by atoms with Crippen LogP contribution in [0.25, 0.3) is 11.0 Å². The highest BCUT2D eigenvalue weighted by atomic mass is 32.2. The van der Waals surface area contributed by atoms with Crippen LogP contribution in [-0.2, 0) is 10.0 Å². The Kier molecular flexibility index (Phi) is 8.66. The molecular formula is C26H31F3N6O4S. The Labute approximate surface area is 230 Å². The number of sulfonamides is 1. The van der Waals surface area contributed by atoms with Gasteiger partial charge in [0.2, 0.25) is 15.8 Å². The molecule has 1 aliphatic rings. The van der Waals surface area contributed by atoms with Gasteiger partial charge in [-0.05, 0) is 43.5 Å². The molecule has 3 heterocycles. The number of fused-ring (bicyclic) bond motifs is 1. The lowest BCUT2D eigenvalue weighted by Crippen LogP contribution is -2.47. The van der Waals surface area contributed by atoms with Gasteiger partial charge in [0.15, 0.2) is 6.10 Å². The summed E-state index contributed by atoms with van der Waals surface area (Å²) in [6.45, 7) is 2.18. The second-order valence-corrected chi connectivity index (χ2v) is 11.6. The third-order valence-corrected chi connectivity index (χ3v) is 7.93. The second-order valence-electron chi connectivity index (χ2n) is 9.77. The maximum atomic E-state index is 14.4. The number of pyridine rings is 1. The Balaban J connectivity index is 1.58. The standard InChI is InChI=1S/C26H31F3N6O4S/c1-4-16-40(37,38)33-23-24(32-19-9-6-5-8-18(19)31-23)39-22(26(27,28)29)17-12-14-35(15-13-17)21-11-7-10-20(30-21)25(36)34(2)3/h5-11,17,22H,4,12-16H2,1-3H3,(H,31,33). The topological polar surface area (TPSA) is 118 Å². The van der Waals surface area contributed by atoms with Crippen LogP contribution in [0, 0.1) is 5.92 Å². The first-order chi connectivity index (χ1) is 18.9. The van der Waals surface area contributed by atoms with Crippen molar-refractivity contribution in [1.29, 1.82) is 0 Å². The lowest BCUT2D eigenvalue weighted by molar-refractivity contribution is -0.212. The molecule has 14 heteroatoms. The van der Waals surface area contributed by atoms with E-state index in [4.69, 9.17) is 4.74 Å². The number of nitrogens with one attached hydrogen (secondary N) is 1. The first-order valence-corrected chi connectivity index (χ1v) is 14.5. The lowest BCUT2D eigenvalue weighted by atomic mass is 9.90. The van der Waals surface area contributed by atoms with Gasteiger partial charge < -0.3 is 14.5 Å². The zero-order valence-corrected chi connectivity index (χ0v) is 23.2. The average Bonchev–Trinajstić information content (AvgIpc) is 2.90. The molecule has 1 unspecified atom stereocenters. The predicted molar refractivity (Wildman–Crippen MR) is 145 cm³/mol. The van der Waals surface area contributed by atoms with Crippen LogP contribution < -0.4 is 14.4 Å². The van der Waals surface area contributed by atoms with Crippen molar-refractivity contribution in [2.45, 2.75) is 38.5 Å². The summed E-state index contributed by atoms with van der Waals surface area (Å²) in [5.74, 6) is -1.86. The van der Waals surface area contributed by atoms with E-state index in [-0.39, 0.29) is 54.6 Å². The molecule has 0 aliphatic carbocycles. The average molecular weight is 581 g/mol. The number of nitrogens with zero attached hydrogens (tertiary/aromatic N) is 5. The number of alkyl halides is 3. The molecule has 1 aromatic carbocycles. The van der Waals surface area contributed by atoms with Gasteiger partial charge in [0.25, 0.3) is 11.8 Å². The lowest BCUT2D eigenvalue weighted by Gasteiger charge is -2.37. The molecule has 0 radical (unpaired) electrons. The van der Waals surface area contributed by atoms with E-state index in [0.717, 1.165) is 0 Å². The Morgan fingerprint density at radius 2 is 1.73 bits per heavy atom. The third kappa shape index (κ3) is 6.90. The van der Waals surface area contributed by atoms with Gasteiger partial charge in [0, 0.05) is 33.1 Å². The molecule has 0 bridgehead atoms. The molecule has 3 aromatic rings. The molecular weight excluding hydrogens is 549 g/mol. The van der Waals surface area contributed by atoms with E-state index in [1.54, 1.807) is 63.5 Å². The number of piperidine rings is 1. The number of halogens is 3. The summed E-state index contributed by atoms with van der Waals surface area (Å²) in [6, 6.07) is 11.4.